The van der Waals surface area contributed by atoms with Crippen molar-refractivity contribution in [2.45, 2.75) is 58.9 Å². The Balaban J connectivity index is 1.37. The van der Waals surface area contributed by atoms with Crippen LogP contribution in [0.4, 0.5) is 5.95 Å². The highest BCUT2D eigenvalue weighted by Gasteiger charge is 2.20. The first-order valence-electron chi connectivity index (χ1n) is 11.7. The number of benzene rings is 1. The standard InChI is InChI=1S/C25H36N4O3/c1-4-20-15-26-25(27-16-20)29-11-9-21(10-12-29)6-5-13-32-22-7-8-23(18(2)14-22)24(31)28-19(3)17-30/h7-8,14-16,19,21,30H,4-6,9-13,17H2,1-3H3,(H,28,31). The number of amides is 1. The van der Waals surface area contributed by atoms with Crippen molar-refractivity contribution in [3.05, 3.63) is 47.3 Å². The van der Waals surface area contributed by atoms with Gasteiger partial charge in [-0.15, -0.1) is 0 Å². The zero-order chi connectivity index (χ0) is 22.9. The largest absolute Gasteiger partial charge is 0.494 e. The number of aliphatic hydroxyl groups is 1. The maximum atomic E-state index is 12.2. The fourth-order valence-electron chi connectivity index (χ4n) is 4.01. The van der Waals surface area contributed by atoms with Gasteiger partial charge in [0.2, 0.25) is 5.95 Å². The van der Waals surface area contributed by atoms with Gasteiger partial charge >= 0.3 is 0 Å². The maximum absolute atomic E-state index is 12.2. The Labute approximate surface area is 191 Å². The minimum Gasteiger partial charge on any atom is -0.494 e. The van der Waals surface area contributed by atoms with Crippen LogP contribution in [0.5, 0.6) is 5.75 Å². The van der Waals surface area contributed by atoms with Crippen molar-refractivity contribution >= 4 is 11.9 Å². The second-order valence-electron chi connectivity index (χ2n) is 8.70. The Morgan fingerprint density at radius 3 is 2.62 bits per heavy atom. The molecule has 1 fully saturated rings. The molecule has 174 valence electrons. The SMILES string of the molecule is CCc1cnc(N2CCC(CCCOc3ccc(C(=O)NC(C)CO)c(C)c3)CC2)nc1. The summed E-state index contributed by atoms with van der Waals surface area (Å²) in [5.74, 6) is 2.18. The summed E-state index contributed by atoms with van der Waals surface area (Å²) in [5, 5.41) is 11.9. The molecule has 2 N–H and O–H groups in total. The summed E-state index contributed by atoms with van der Waals surface area (Å²) in [7, 11) is 0. The molecule has 3 rings (SSSR count). The third-order valence-electron chi connectivity index (χ3n) is 6.12. The number of piperidine rings is 1. The fourth-order valence-corrected chi connectivity index (χ4v) is 4.01. The van der Waals surface area contributed by atoms with E-state index >= 15 is 0 Å². The lowest BCUT2D eigenvalue weighted by Crippen LogP contribution is -2.35. The van der Waals surface area contributed by atoms with E-state index in [1.165, 1.54) is 5.56 Å². The number of nitrogens with zero attached hydrogens (tertiary/aromatic N) is 3. The van der Waals surface area contributed by atoms with Gasteiger partial charge in [0.05, 0.1) is 13.2 Å². The molecule has 1 saturated heterocycles. The third-order valence-corrected chi connectivity index (χ3v) is 6.12. The Kier molecular flexibility index (Phi) is 8.85. The predicted octanol–water partition coefficient (Wildman–Crippen LogP) is 3.53. The summed E-state index contributed by atoms with van der Waals surface area (Å²) < 4.78 is 5.93. The average molecular weight is 441 g/mol. The molecule has 1 aromatic heterocycles. The molecule has 1 aromatic carbocycles. The highest BCUT2D eigenvalue weighted by atomic mass is 16.5. The van der Waals surface area contributed by atoms with Gasteiger partial charge in [0.25, 0.3) is 5.91 Å². The lowest BCUT2D eigenvalue weighted by Gasteiger charge is -2.32. The summed E-state index contributed by atoms with van der Waals surface area (Å²) in [6.45, 7) is 8.40. The number of hydrogen-bond acceptors (Lipinski definition) is 6. The van der Waals surface area contributed by atoms with E-state index in [4.69, 9.17) is 9.84 Å². The number of aliphatic hydroxyl groups excluding tert-OH is 1. The zero-order valence-corrected chi connectivity index (χ0v) is 19.5. The molecule has 0 bridgehead atoms. The zero-order valence-electron chi connectivity index (χ0n) is 19.5. The van der Waals surface area contributed by atoms with Gasteiger partial charge in [-0.25, -0.2) is 9.97 Å². The highest BCUT2D eigenvalue weighted by molar-refractivity contribution is 5.95. The topological polar surface area (TPSA) is 87.6 Å². The quantitative estimate of drug-likeness (QED) is 0.550. The molecule has 0 spiro atoms. The Hall–Kier alpha value is -2.67. The summed E-state index contributed by atoms with van der Waals surface area (Å²) in [6.07, 6.45) is 9.32. The van der Waals surface area contributed by atoms with Crippen molar-refractivity contribution in [3.63, 3.8) is 0 Å². The molecule has 0 saturated carbocycles. The fraction of sp³-hybridized carbons (Fsp3) is 0.560. The van der Waals surface area contributed by atoms with E-state index in [1.54, 1.807) is 13.0 Å². The number of rotatable bonds is 10. The van der Waals surface area contributed by atoms with E-state index in [9.17, 15) is 4.79 Å². The molecule has 1 unspecified atom stereocenters. The van der Waals surface area contributed by atoms with Crippen LogP contribution in [-0.2, 0) is 6.42 Å². The van der Waals surface area contributed by atoms with Crippen molar-refractivity contribution in [2.75, 3.05) is 31.2 Å². The second kappa shape index (κ2) is 11.8. The van der Waals surface area contributed by atoms with Crippen molar-refractivity contribution in [1.82, 2.24) is 15.3 Å². The molecule has 0 aliphatic carbocycles. The molecular formula is C25H36N4O3. The van der Waals surface area contributed by atoms with Crippen LogP contribution in [-0.4, -0.2) is 53.3 Å². The van der Waals surface area contributed by atoms with Crippen LogP contribution < -0.4 is 15.0 Å². The minimum absolute atomic E-state index is 0.0785. The maximum Gasteiger partial charge on any atom is 0.251 e. The van der Waals surface area contributed by atoms with E-state index in [0.717, 1.165) is 62.5 Å². The molecule has 1 atom stereocenters. The molecule has 7 nitrogen and oxygen atoms in total. The van der Waals surface area contributed by atoms with E-state index in [1.807, 2.05) is 31.5 Å². The summed E-state index contributed by atoms with van der Waals surface area (Å²) in [5.41, 5.74) is 2.65. The molecule has 1 aliphatic heterocycles. The van der Waals surface area contributed by atoms with Crippen LogP contribution in [0.2, 0.25) is 0 Å². The van der Waals surface area contributed by atoms with Crippen LogP contribution in [0.25, 0.3) is 0 Å². The Bertz CT molecular complexity index is 864. The first-order valence-corrected chi connectivity index (χ1v) is 11.7. The molecule has 2 aromatic rings. The molecular weight excluding hydrogens is 404 g/mol. The van der Waals surface area contributed by atoms with Gasteiger partial charge in [-0.1, -0.05) is 6.92 Å². The molecule has 1 aliphatic rings. The number of aromatic nitrogens is 2. The predicted molar refractivity (Wildman–Crippen MR) is 126 cm³/mol. The van der Waals surface area contributed by atoms with Gasteiger partial charge in [0, 0.05) is 37.1 Å². The lowest BCUT2D eigenvalue weighted by molar-refractivity contribution is 0.0921. The van der Waals surface area contributed by atoms with E-state index in [0.29, 0.717) is 18.1 Å². The first kappa shape index (κ1) is 24.0. The monoisotopic (exact) mass is 440 g/mol. The van der Waals surface area contributed by atoms with Crippen molar-refractivity contribution < 1.29 is 14.6 Å². The Morgan fingerprint density at radius 2 is 2.00 bits per heavy atom. The average Bonchev–Trinajstić information content (AvgIpc) is 2.82. The number of carbonyl (C=O) groups is 1. The summed E-state index contributed by atoms with van der Waals surface area (Å²) >= 11 is 0. The van der Waals surface area contributed by atoms with Gasteiger partial charge in [-0.05, 0) is 81.2 Å². The van der Waals surface area contributed by atoms with Gasteiger partial charge in [-0.2, -0.15) is 0 Å². The van der Waals surface area contributed by atoms with Crippen molar-refractivity contribution in [1.29, 1.82) is 0 Å². The summed E-state index contributed by atoms with van der Waals surface area (Å²) in [4.78, 5) is 23.6. The molecule has 0 radical (unpaired) electrons. The molecule has 1 amide bonds. The summed E-state index contributed by atoms with van der Waals surface area (Å²) in [6, 6.07) is 5.27. The lowest BCUT2D eigenvalue weighted by atomic mass is 9.92. The van der Waals surface area contributed by atoms with Gasteiger partial charge < -0.3 is 20.1 Å². The van der Waals surface area contributed by atoms with Crippen LogP contribution in [0.3, 0.4) is 0 Å². The third kappa shape index (κ3) is 6.66. The smallest absolute Gasteiger partial charge is 0.251 e. The van der Waals surface area contributed by atoms with Gasteiger partial charge in [0.1, 0.15) is 5.75 Å². The van der Waals surface area contributed by atoms with Crippen LogP contribution in [0.15, 0.2) is 30.6 Å². The van der Waals surface area contributed by atoms with Crippen LogP contribution in [0, 0.1) is 12.8 Å². The number of carbonyl (C=O) groups excluding carboxylic acids is 1. The van der Waals surface area contributed by atoms with Gasteiger partial charge in [-0.3, -0.25) is 4.79 Å². The van der Waals surface area contributed by atoms with E-state index in [-0.39, 0.29) is 18.6 Å². The second-order valence-corrected chi connectivity index (χ2v) is 8.70. The van der Waals surface area contributed by atoms with Crippen LogP contribution in [0.1, 0.15) is 61.0 Å². The van der Waals surface area contributed by atoms with Crippen molar-refractivity contribution in [3.8, 4) is 5.75 Å². The molecule has 32 heavy (non-hydrogen) atoms. The van der Waals surface area contributed by atoms with Crippen LogP contribution >= 0.6 is 0 Å². The number of nitrogens with one attached hydrogen (secondary N) is 1. The van der Waals surface area contributed by atoms with Gasteiger partial charge in [0.15, 0.2) is 0 Å². The number of aryl methyl sites for hydroxylation is 2. The first-order chi connectivity index (χ1) is 15.5. The Morgan fingerprint density at radius 1 is 1.28 bits per heavy atom. The van der Waals surface area contributed by atoms with Crippen molar-refractivity contribution in [2.24, 2.45) is 5.92 Å². The number of ether oxygens (including phenoxy) is 1. The molecule has 7 heteroatoms. The van der Waals surface area contributed by atoms with E-state index < -0.39 is 0 Å². The number of hydrogen-bond donors (Lipinski definition) is 2. The normalized spacial score (nSPS) is 15.4. The number of anilines is 1. The van der Waals surface area contributed by atoms with E-state index in [2.05, 4.69) is 27.1 Å². The minimum atomic E-state index is -0.265. The molecule has 2 heterocycles. The highest BCUT2D eigenvalue weighted by Crippen LogP contribution is 2.25.